The van der Waals surface area contributed by atoms with Gasteiger partial charge in [-0.05, 0) is 18.6 Å². The first-order chi connectivity index (χ1) is 6.24. The van der Waals surface area contributed by atoms with Gasteiger partial charge in [-0.15, -0.1) is 0 Å². The number of ether oxygens (including phenoxy) is 2. The fourth-order valence-corrected chi connectivity index (χ4v) is 1.01. The topological polar surface area (TPSA) is 31.4 Å². The molecule has 0 bridgehead atoms. The summed E-state index contributed by atoms with van der Waals surface area (Å²) in [7, 11) is 1.59. The number of aromatic nitrogens is 1. The Kier molecular flexibility index (Phi) is 4.15. The minimum Gasteiger partial charge on any atom is -0.359 e. The molecule has 1 heterocycles. The summed E-state index contributed by atoms with van der Waals surface area (Å²) < 4.78 is 10.1. The van der Waals surface area contributed by atoms with Crippen LogP contribution in [-0.2, 0) is 9.47 Å². The van der Waals surface area contributed by atoms with Crippen molar-refractivity contribution in [2.75, 3.05) is 13.9 Å². The summed E-state index contributed by atoms with van der Waals surface area (Å²) >= 11 is 5.64. The van der Waals surface area contributed by atoms with Gasteiger partial charge in [0.15, 0.2) is 0 Å². The van der Waals surface area contributed by atoms with Crippen molar-refractivity contribution in [3.63, 3.8) is 0 Å². The van der Waals surface area contributed by atoms with Gasteiger partial charge < -0.3 is 9.47 Å². The lowest BCUT2D eigenvalue weighted by Crippen LogP contribution is -2.03. The van der Waals surface area contributed by atoms with Crippen molar-refractivity contribution in [3.8, 4) is 0 Å². The summed E-state index contributed by atoms with van der Waals surface area (Å²) in [6, 6.07) is 3.62. The summed E-state index contributed by atoms with van der Waals surface area (Å²) in [5, 5.41) is 0.489. The highest BCUT2D eigenvalue weighted by molar-refractivity contribution is 6.29. The Morgan fingerprint density at radius 3 is 2.85 bits per heavy atom. The second kappa shape index (κ2) is 5.17. The standard InChI is InChI=1S/C9H12ClNO2/c1-7(13-6-12-2)8-3-4-9(10)11-5-8/h3-5,7H,6H2,1-2H3. The Balaban J connectivity index is 2.55. The molecule has 1 aromatic rings. The van der Waals surface area contributed by atoms with Crippen molar-refractivity contribution in [1.29, 1.82) is 0 Å². The van der Waals surface area contributed by atoms with E-state index in [1.165, 1.54) is 0 Å². The van der Waals surface area contributed by atoms with Crippen molar-refractivity contribution >= 4 is 11.6 Å². The summed E-state index contributed by atoms with van der Waals surface area (Å²) in [6.07, 6.45) is 1.67. The Hall–Kier alpha value is -0.640. The SMILES string of the molecule is COCOC(C)c1ccc(Cl)nc1. The van der Waals surface area contributed by atoms with Crippen LogP contribution in [0, 0.1) is 0 Å². The van der Waals surface area contributed by atoms with Crippen LogP contribution in [0.5, 0.6) is 0 Å². The molecule has 4 heteroatoms. The summed E-state index contributed by atoms with van der Waals surface area (Å²) in [5.74, 6) is 0. The van der Waals surface area contributed by atoms with E-state index in [2.05, 4.69) is 4.98 Å². The molecule has 0 aliphatic carbocycles. The maximum absolute atomic E-state index is 5.64. The number of hydrogen-bond acceptors (Lipinski definition) is 3. The van der Waals surface area contributed by atoms with Crippen molar-refractivity contribution < 1.29 is 9.47 Å². The van der Waals surface area contributed by atoms with Gasteiger partial charge in [0.25, 0.3) is 0 Å². The second-order valence-corrected chi connectivity index (χ2v) is 3.02. The Bertz CT molecular complexity index is 250. The van der Waals surface area contributed by atoms with Crippen LogP contribution in [0.15, 0.2) is 18.3 Å². The highest BCUT2D eigenvalue weighted by Crippen LogP contribution is 2.16. The molecule has 0 amide bonds. The maximum atomic E-state index is 5.64. The first-order valence-corrected chi connectivity index (χ1v) is 4.34. The van der Waals surface area contributed by atoms with E-state index < -0.39 is 0 Å². The zero-order valence-electron chi connectivity index (χ0n) is 7.66. The lowest BCUT2D eigenvalue weighted by atomic mass is 10.2. The van der Waals surface area contributed by atoms with E-state index in [0.717, 1.165) is 5.56 Å². The van der Waals surface area contributed by atoms with E-state index in [1.807, 2.05) is 13.0 Å². The van der Waals surface area contributed by atoms with E-state index in [-0.39, 0.29) is 12.9 Å². The van der Waals surface area contributed by atoms with Crippen molar-refractivity contribution in [2.45, 2.75) is 13.0 Å². The molecule has 0 aliphatic rings. The van der Waals surface area contributed by atoms with E-state index in [0.29, 0.717) is 5.15 Å². The van der Waals surface area contributed by atoms with Gasteiger partial charge in [0.05, 0.1) is 6.10 Å². The van der Waals surface area contributed by atoms with Crippen molar-refractivity contribution in [2.24, 2.45) is 0 Å². The van der Waals surface area contributed by atoms with Crippen LogP contribution >= 0.6 is 11.6 Å². The van der Waals surface area contributed by atoms with Crippen LogP contribution in [0.1, 0.15) is 18.6 Å². The predicted molar refractivity (Wildman–Crippen MR) is 50.6 cm³/mol. The summed E-state index contributed by atoms with van der Waals surface area (Å²) in [5.41, 5.74) is 0.987. The van der Waals surface area contributed by atoms with Gasteiger partial charge >= 0.3 is 0 Å². The first-order valence-electron chi connectivity index (χ1n) is 3.96. The molecule has 0 aliphatic heterocycles. The molecule has 0 radical (unpaired) electrons. The fourth-order valence-electron chi connectivity index (χ4n) is 0.894. The molecule has 0 saturated heterocycles. The van der Waals surface area contributed by atoms with Crippen LogP contribution in [0.3, 0.4) is 0 Å². The summed E-state index contributed by atoms with van der Waals surface area (Å²) in [4.78, 5) is 3.95. The number of pyridine rings is 1. The molecular weight excluding hydrogens is 190 g/mol. The Morgan fingerprint density at radius 1 is 1.54 bits per heavy atom. The third-order valence-corrected chi connectivity index (χ3v) is 1.88. The highest BCUT2D eigenvalue weighted by Gasteiger charge is 2.04. The molecule has 3 nitrogen and oxygen atoms in total. The molecule has 72 valence electrons. The van der Waals surface area contributed by atoms with E-state index in [9.17, 15) is 0 Å². The quantitative estimate of drug-likeness (QED) is 0.554. The van der Waals surface area contributed by atoms with Gasteiger partial charge in [-0.3, -0.25) is 0 Å². The van der Waals surface area contributed by atoms with Gasteiger partial charge in [-0.1, -0.05) is 17.7 Å². The van der Waals surface area contributed by atoms with Crippen LogP contribution < -0.4 is 0 Å². The third-order valence-electron chi connectivity index (χ3n) is 1.66. The molecule has 13 heavy (non-hydrogen) atoms. The summed E-state index contributed by atoms with van der Waals surface area (Å²) in [6.45, 7) is 2.22. The van der Waals surface area contributed by atoms with Gasteiger partial charge in [-0.2, -0.15) is 0 Å². The number of halogens is 1. The normalized spacial score (nSPS) is 12.8. The van der Waals surface area contributed by atoms with Gasteiger partial charge in [0.1, 0.15) is 11.9 Å². The minimum atomic E-state index is -0.0234. The maximum Gasteiger partial charge on any atom is 0.147 e. The second-order valence-electron chi connectivity index (χ2n) is 2.63. The molecule has 0 aromatic carbocycles. The fraction of sp³-hybridized carbons (Fsp3) is 0.444. The molecule has 0 spiro atoms. The average Bonchev–Trinajstić information content (AvgIpc) is 2.15. The predicted octanol–water partition coefficient (Wildman–Crippen LogP) is 2.42. The molecule has 1 aromatic heterocycles. The monoisotopic (exact) mass is 201 g/mol. The minimum absolute atomic E-state index is 0.0234. The molecule has 1 atom stereocenters. The zero-order chi connectivity index (χ0) is 9.68. The largest absolute Gasteiger partial charge is 0.359 e. The van der Waals surface area contributed by atoms with E-state index >= 15 is 0 Å². The zero-order valence-corrected chi connectivity index (χ0v) is 8.41. The Morgan fingerprint density at radius 2 is 2.31 bits per heavy atom. The highest BCUT2D eigenvalue weighted by atomic mass is 35.5. The van der Waals surface area contributed by atoms with Crippen LogP contribution in [0.25, 0.3) is 0 Å². The molecule has 0 fully saturated rings. The molecular formula is C9H12ClNO2. The third kappa shape index (κ3) is 3.30. The molecule has 0 saturated carbocycles. The van der Waals surface area contributed by atoms with Crippen LogP contribution in [-0.4, -0.2) is 18.9 Å². The smallest absolute Gasteiger partial charge is 0.147 e. The molecule has 1 rings (SSSR count). The first kappa shape index (κ1) is 10.4. The van der Waals surface area contributed by atoms with E-state index in [4.69, 9.17) is 21.1 Å². The van der Waals surface area contributed by atoms with E-state index in [1.54, 1.807) is 19.4 Å². The molecule has 0 N–H and O–H groups in total. The van der Waals surface area contributed by atoms with Crippen LogP contribution in [0.4, 0.5) is 0 Å². The van der Waals surface area contributed by atoms with Crippen molar-refractivity contribution in [1.82, 2.24) is 4.98 Å². The van der Waals surface area contributed by atoms with Crippen LogP contribution in [0.2, 0.25) is 5.15 Å². The Labute approximate surface area is 82.6 Å². The molecule has 1 unspecified atom stereocenters. The lowest BCUT2D eigenvalue weighted by Gasteiger charge is -2.11. The number of methoxy groups -OCH3 is 1. The average molecular weight is 202 g/mol. The van der Waals surface area contributed by atoms with Crippen molar-refractivity contribution in [3.05, 3.63) is 29.0 Å². The number of hydrogen-bond donors (Lipinski definition) is 0. The van der Waals surface area contributed by atoms with Gasteiger partial charge in [0.2, 0.25) is 0 Å². The van der Waals surface area contributed by atoms with Gasteiger partial charge in [0, 0.05) is 13.3 Å². The number of nitrogens with zero attached hydrogens (tertiary/aromatic N) is 1. The number of rotatable bonds is 4. The van der Waals surface area contributed by atoms with Gasteiger partial charge in [-0.25, -0.2) is 4.98 Å². The lowest BCUT2D eigenvalue weighted by molar-refractivity contribution is -0.0667.